The average molecular weight is 699 g/mol. The maximum atomic E-state index is 13.5. The van der Waals surface area contributed by atoms with E-state index in [9.17, 15) is 19.2 Å². The van der Waals surface area contributed by atoms with Crippen LogP contribution in [-0.2, 0) is 23.2 Å². The SMILES string of the molecule is Cc1cccc(C)c1Nc1nn(C)c2nc(Nc3ccc(N4CCN(C(=O)c5ccc6c(c5)CN(C5CCC(=O)NC5=O)C6=O)CC4)cc3)ncc12. The Morgan fingerprint density at radius 3 is 2.40 bits per heavy atom. The molecule has 0 radical (unpaired) electrons. The molecule has 1 atom stereocenters. The van der Waals surface area contributed by atoms with E-state index in [1.54, 1.807) is 29.1 Å². The van der Waals surface area contributed by atoms with Gasteiger partial charge in [-0.15, -0.1) is 0 Å². The Balaban J connectivity index is 0.876. The second-order valence-corrected chi connectivity index (χ2v) is 13.5. The average Bonchev–Trinajstić information content (AvgIpc) is 3.64. The molecule has 0 aliphatic carbocycles. The van der Waals surface area contributed by atoms with Crippen molar-refractivity contribution in [1.82, 2.24) is 34.9 Å². The van der Waals surface area contributed by atoms with Gasteiger partial charge in [0.25, 0.3) is 11.8 Å². The number of para-hydroxylation sites is 1. The maximum Gasteiger partial charge on any atom is 0.255 e. The zero-order chi connectivity index (χ0) is 36.1. The molecule has 5 heterocycles. The van der Waals surface area contributed by atoms with Crippen LogP contribution in [0, 0.1) is 13.8 Å². The van der Waals surface area contributed by atoms with Gasteiger partial charge in [-0.25, -0.2) is 9.67 Å². The van der Waals surface area contributed by atoms with E-state index in [1.807, 2.05) is 42.3 Å². The second kappa shape index (κ2) is 13.1. The number of carbonyl (C=O) groups is 4. The fourth-order valence-electron chi connectivity index (χ4n) is 7.26. The van der Waals surface area contributed by atoms with Gasteiger partial charge in [0.1, 0.15) is 6.04 Å². The first-order chi connectivity index (χ1) is 25.1. The molecule has 4 amide bonds. The predicted molar refractivity (Wildman–Crippen MR) is 196 cm³/mol. The summed E-state index contributed by atoms with van der Waals surface area (Å²) in [4.78, 5) is 65.4. The number of benzene rings is 3. The Hall–Kier alpha value is -6.31. The van der Waals surface area contributed by atoms with Crippen LogP contribution < -0.4 is 20.9 Å². The Morgan fingerprint density at radius 1 is 0.923 bits per heavy atom. The molecule has 2 saturated heterocycles. The largest absolute Gasteiger partial charge is 0.368 e. The van der Waals surface area contributed by atoms with Gasteiger partial charge in [0.2, 0.25) is 17.8 Å². The number of hydrogen-bond acceptors (Lipinski definition) is 10. The molecule has 3 aliphatic rings. The van der Waals surface area contributed by atoms with Gasteiger partial charge in [-0.2, -0.15) is 10.1 Å². The molecule has 1 unspecified atom stereocenters. The molecule has 0 saturated carbocycles. The highest BCUT2D eigenvalue weighted by atomic mass is 16.2. The molecule has 5 aromatic rings. The molecular formula is C38H38N10O4. The van der Waals surface area contributed by atoms with Crippen LogP contribution in [0.5, 0.6) is 0 Å². The molecular weight excluding hydrogens is 660 g/mol. The molecule has 264 valence electrons. The van der Waals surface area contributed by atoms with Crippen LogP contribution >= 0.6 is 0 Å². The standard InChI is InChI=1S/C38H38N10O4/c1-22-5-4-6-23(2)32(22)42-33-29-20-39-38(43-34(29)45(3)44-33)40-26-8-10-27(11-9-26)46-15-17-47(18-16-46)36(51)24-7-12-28-25(19-24)21-48(37(28)52)30-13-14-31(49)41-35(30)50/h4-12,19-20,30H,13-18,21H2,1-3H3,(H,42,44)(H,39,40,43)(H,41,49,50). The van der Waals surface area contributed by atoms with Gasteiger partial charge < -0.3 is 25.3 Å². The molecule has 2 fully saturated rings. The van der Waals surface area contributed by atoms with Crippen LogP contribution in [0.1, 0.15) is 50.2 Å². The van der Waals surface area contributed by atoms with Crippen molar-refractivity contribution in [3.8, 4) is 0 Å². The quantitative estimate of drug-likeness (QED) is 0.211. The Labute approximate surface area is 299 Å². The van der Waals surface area contributed by atoms with Crippen molar-refractivity contribution in [2.45, 2.75) is 39.3 Å². The topological polar surface area (TPSA) is 158 Å². The number of aromatic nitrogens is 4. The molecule has 14 heteroatoms. The zero-order valence-electron chi connectivity index (χ0n) is 29.1. The van der Waals surface area contributed by atoms with Gasteiger partial charge in [-0.05, 0) is 79.4 Å². The summed E-state index contributed by atoms with van der Waals surface area (Å²) in [6.45, 7) is 6.81. The summed E-state index contributed by atoms with van der Waals surface area (Å²) < 4.78 is 1.74. The van der Waals surface area contributed by atoms with Gasteiger partial charge in [-0.3, -0.25) is 24.5 Å². The van der Waals surface area contributed by atoms with Crippen molar-refractivity contribution < 1.29 is 19.2 Å². The van der Waals surface area contributed by atoms with Gasteiger partial charge >= 0.3 is 0 Å². The van der Waals surface area contributed by atoms with Crippen molar-refractivity contribution in [2.24, 2.45) is 7.05 Å². The molecule has 52 heavy (non-hydrogen) atoms. The fraction of sp³-hybridized carbons (Fsp3) is 0.289. The van der Waals surface area contributed by atoms with Crippen LogP contribution in [0.4, 0.5) is 28.8 Å². The van der Waals surface area contributed by atoms with Crippen LogP contribution in [-0.4, -0.2) is 85.4 Å². The second-order valence-electron chi connectivity index (χ2n) is 13.5. The van der Waals surface area contributed by atoms with Crippen LogP contribution in [0.2, 0.25) is 0 Å². The van der Waals surface area contributed by atoms with E-state index < -0.39 is 11.9 Å². The minimum atomic E-state index is -0.690. The van der Waals surface area contributed by atoms with Crippen LogP contribution in [0.25, 0.3) is 11.0 Å². The van der Waals surface area contributed by atoms with Crippen LogP contribution in [0.3, 0.4) is 0 Å². The molecule has 2 aromatic heterocycles. The molecule has 0 spiro atoms. The molecule has 14 nitrogen and oxygen atoms in total. The zero-order valence-corrected chi connectivity index (χ0v) is 29.1. The number of nitrogens with zero attached hydrogens (tertiary/aromatic N) is 7. The first-order valence-corrected chi connectivity index (χ1v) is 17.3. The predicted octanol–water partition coefficient (Wildman–Crippen LogP) is 4.19. The third-order valence-electron chi connectivity index (χ3n) is 10.1. The van der Waals surface area contributed by atoms with E-state index in [-0.39, 0.29) is 30.7 Å². The Morgan fingerprint density at radius 2 is 1.67 bits per heavy atom. The number of fused-ring (bicyclic) bond motifs is 2. The maximum absolute atomic E-state index is 13.5. The Kier molecular flexibility index (Phi) is 8.28. The van der Waals surface area contributed by atoms with Gasteiger partial charge in [0.15, 0.2) is 11.5 Å². The lowest BCUT2D eigenvalue weighted by Crippen LogP contribution is -2.52. The van der Waals surface area contributed by atoms with Crippen molar-refractivity contribution >= 4 is 63.5 Å². The summed E-state index contributed by atoms with van der Waals surface area (Å²) in [5, 5.41) is 14.6. The highest BCUT2D eigenvalue weighted by Crippen LogP contribution is 2.31. The Bertz CT molecular complexity index is 2240. The van der Waals surface area contributed by atoms with E-state index in [0.717, 1.165) is 33.6 Å². The lowest BCUT2D eigenvalue weighted by atomic mass is 10.0. The summed E-state index contributed by atoms with van der Waals surface area (Å²) in [5.74, 6) is 0.0481. The molecule has 0 bridgehead atoms. The number of imide groups is 1. The summed E-state index contributed by atoms with van der Waals surface area (Å²) in [6.07, 6.45) is 2.27. The third kappa shape index (κ3) is 6.05. The number of carbonyl (C=O) groups excluding carboxylic acids is 4. The number of aryl methyl sites for hydroxylation is 3. The number of piperidine rings is 1. The van der Waals surface area contributed by atoms with Crippen molar-refractivity contribution in [3.05, 3.63) is 94.7 Å². The summed E-state index contributed by atoms with van der Waals surface area (Å²) in [7, 11) is 1.87. The van der Waals surface area contributed by atoms with E-state index in [0.29, 0.717) is 66.7 Å². The van der Waals surface area contributed by atoms with E-state index in [2.05, 4.69) is 56.9 Å². The van der Waals surface area contributed by atoms with Gasteiger partial charge in [0.05, 0.1) is 5.39 Å². The normalized spacial score (nSPS) is 17.4. The fourth-order valence-corrected chi connectivity index (χ4v) is 7.26. The molecule has 8 rings (SSSR count). The minimum absolute atomic E-state index is 0.0903. The monoisotopic (exact) mass is 698 g/mol. The number of amides is 4. The number of anilines is 5. The van der Waals surface area contributed by atoms with Gasteiger partial charge in [-0.1, -0.05) is 18.2 Å². The molecule has 3 aliphatic heterocycles. The van der Waals surface area contributed by atoms with Crippen molar-refractivity contribution in [2.75, 3.05) is 41.7 Å². The first-order valence-electron chi connectivity index (χ1n) is 17.3. The van der Waals surface area contributed by atoms with Gasteiger partial charge in [0, 0.05) is 80.6 Å². The van der Waals surface area contributed by atoms with E-state index in [4.69, 9.17) is 4.98 Å². The van der Waals surface area contributed by atoms with Crippen molar-refractivity contribution in [3.63, 3.8) is 0 Å². The smallest absolute Gasteiger partial charge is 0.255 e. The summed E-state index contributed by atoms with van der Waals surface area (Å²) in [6, 6.07) is 18.7. The lowest BCUT2D eigenvalue weighted by molar-refractivity contribution is -0.136. The number of rotatable bonds is 7. The molecule has 3 N–H and O–H groups in total. The van der Waals surface area contributed by atoms with E-state index >= 15 is 0 Å². The summed E-state index contributed by atoms with van der Waals surface area (Å²) >= 11 is 0. The number of piperazine rings is 1. The van der Waals surface area contributed by atoms with E-state index in [1.165, 1.54) is 4.90 Å². The highest BCUT2D eigenvalue weighted by molar-refractivity contribution is 6.06. The minimum Gasteiger partial charge on any atom is -0.368 e. The first kappa shape index (κ1) is 32.9. The highest BCUT2D eigenvalue weighted by Gasteiger charge is 2.39. The van der Waals surface area contributed by atoms with Crippen molar-refractivity contribution in [1.29, 1.82) is 0 Å². The molecule has 3 aromatic carbocycles. The lowest BCUT2D eigenvalue weighted by Gasteiger charge is -2.36. The number of hydrogen-bond donors (Lipinski definition) is 3. The number of nitrogens with one attached hydrogen (secondary N) is 3. The third-order valence-corrected chi connectivity index (χ3v) is 10.1. The van der Waals surface area contributed by atoms with Crippen LogP contribution in [0.15, 0.2) is 66.9 Å². The summed E-state index contributed by atoms with van der Waals surface area (Å²) in [5.41, 5.74) is 7.61.